The minimum Gasteiger partial charge on any atom is -0.478 e. The van der Waals surface area contributed by atoms with Crippen molar-refractivity contribution < 1.29 is 14.7 Å². The number of carbonyl (C=O) groups excluding carboxylic acids is 1. The first-order valence-corrected chi connectivity index (χ1v) is 6.11. The SMILES string of the molecule is Cc1sc(NC(=O)C(C)(C)C)c(C(=O)O)c1C. The van der Waals surface area contributed by atoms with Crippen LogP contribution in [0.5, 0.6) is 0 Å². The van der Waals surface area contributed by atoms with E-state index in [1.54, 1.807) is 27.7 Å². The van der Waals surface area contributed by atoms with Crippen LogP contribution in [0.1, 0.15) is 41.6 Å². The molecule has 2 N–H and O–H groups in total. The van der Waals surface area contributed by atoms with E-state index in [0.29, 0.717) is 10.6 Å². The largest absolute Gasteiger partial charge is 0.478 e. The van der Waals surface area contributed by atoms with Gasteiger partial charge in [0.1, 0.15) is 5.00 Å². The number of carbonyl (C=O) groups is 2. The highest BCUT2D eigenvalue weighted by Crippen LogP contribution is 2.33. The molecule has 0 aromatic carbocycles. The van der Waals surface area contributed by atoms with Crippen molar-refractivity contribution in [3.63, 3.8) is 0 Å². The number of aryl methyl sites for hydroxylation is 1. The molecule has 94 valence electrons. The summed E-state index contributed by atoms with van der Waals surface area (Å²) < 4.78 is 0. The molecular weight excluding hydrogens is 238 g/mol. The van der Waals surface area contributed by atoms with Crippen molar-refractivity contribution in [2.75, 3.05) is 5.32 Å². The van der Waals surface area contributed by atoms with Gasteiger partial charge in [0.2, 0.25) is 5.91 Å². The van der Waals surface area contributed by atoms with Crippen LogP contribution < -0.4 is 5.32 Å². The van der Waals surface area contributed by atoms with E-state index in [-0.39, 0.29) is 11.5 Å². The molecule has 1 aromatic rings. The number of hydrogen-bond acceptors (Lipinski definition) is 3. The Morgan fingerprint density at radius 3 is 2.18 bits per heavy atom. The number of nitrogens with one attached hydrogen (secondary N) is 1. The van der Waals surface area contributed by atoms with Gasteiger partial charge in [0.25, 0.3) is 0 Å². The smallest absolute Gasteiger partial charge is 0.338 e. The second-order valence-corrected chi connectivity index (χ2v) is 6.22. The van der Waals surface area contributed by atoms with E-state index in [2.05, 4.69) is 5.32 Å². The molecule has 0 atom stereocenters. The van der Waals surface area contributed by atoms with Crippen molar-refractivity contribution >= 4 is 28.2 Å². The third-order valence-electron chi connectivity index (χ3n) is 2.51. The van der Waals surface area contributed by atoms with Crippen LogP contribution >= 0.6 is 11.3 Å². The van der Waals surface area contributed by atoms with Gasteiger partial charge in [-0.3, -0.25) is 4.79 Å². The monoisotopic (exact) mass is 255 g/mol. The molecule has 1 aromatic heterocycles. The van der Waals surface area contributed by atoms with Gasteiger partial charge in [-0.25, -0.2) is 4.79 Å². The number of carboxylic acids is 1. The van der Waals surface area contributed by atoms with Crippen molar-refractivity contribution in [2.24, 2.45) is 5.41 Å². The zero-order chi connectivity index (χ0) is 13.4. The highest BCUT2D eigenvalue weighted by molar-refractivity contribution is 7.16. The lowest BCUT2D eigenvalue weighted by Gasteiger charge is -2.17. The van der Waals surface area contributed by atoms with Crippen molar-refractivity contribution in [3.05, 3.63) is 16.0 Å². The molecule has 1 rings (SSSR count). The minimum absolute atomic E-state index is 0.179. The Morgan fingerprint density at radius 2 is 1.76 bits per heavy atom. The number of aromatic carboxylic acids is 1. The molecule has 0 aliphatic rings. The van der Waals surface area contributed by atoms with Crippen LogP contribution in [-0.4, -0.2) is 17.0 Å². The summed E-state index contributed by atoms with van der Waals surface area (Å²) in [5, 5.41) is 12.2. The first kappa shape index (κ1) is 13.7. The molecule has 1 amide bonds. The van der Waals surface area contributed by atoms with Crippen molar-refractivity contribution in [3.8, 4) is 0 Å². The van der Waals surface area contributed by atoms with Crippen LogP contribution in [0.3, 0.4) is 0 Å². The topological polar surface area (TPSA) is 66.4 Å². The van der Waals surface area contributed by atoms with Crippen LogP contribution in [-0.2, 0) is 4.79 Å². The molecule has 0 fully saturated rings. The van der Waals surface area contributed by atoms with Gasteiger partial charge < -0.3 is 10.4 Å². The summed E-state index contributed by atoms with van der Waals surface area (Å²) in [5.74, 6) is -1.18. The Bertz CT molecular complexity index is 469. The molecule has 0 unspecified atom stereocenters. The Balaban J connectivity index is 3.12. The van der Waals surface area contributed by atoms with Crippen LogP contribution in [0, 0.1) is 19.3 Å². The van der Waals surface area contributed by atoms with E-state index in [0.717, 1.165) is 4.88 Å². The van der Waals surface area contributed by atoms with Gasteiger partial charge in [0.15, 0.2) is 0 Å². The molecule has 5 heteroatoms. The van der Waals surface area contributed by atoms with E-state index < -0.39 is 11.4 Å². The molecule has 17 heavy (non-hydrogen) atoms. The molecule has 0 radical (unpaired) electrons. The lowest BCUT2D eigenvalue weighted by Crippen LogP contribution is -2.27. The van der Waals surface area contributed by atoms with Crippen molar-refractivity contribution in [1.82, 2.24) is 0 Å². The number of amides is 1. The quantitative estimate of drug-likeness (QED) is 0.853. The Hall–Kier alpha value is -1.36. The normalized spacial score (nSPS) is 11.4. The van der Waals surface area contributed by atoms with E-state index >= 15 is 0 Å². The maximum Gasteiger partial charge on any atom is 0.338 e. The molecule has 0 bridgehead atoms. The lowest BCUT2D eigenvalue weighted by molar-refractivity contribution is -0.123. The molecule has 0 aliphatic carbocycles. The molecular formula is C12H17NO3S. The predicted octanol–water partition coefficient (Wildman–Crippen LogP) is 3.05. The number of rotatable bonds is 2. The number of hydrogen-bond donors (Lipinski definition) is 2. The fraction of sp³-hybridized carbons (Fsp3) is 0.500. The van der Waals surface area contributed by atoms with Gasteiger partial charge >= 0.3 is 5.97 Å². The van der Waals surface area contributed by atoms with Gasteiger partial charge in [0, 0.05) is 10.3 Å². The van der Waals surface area contributed by atoms with Gasteiger partial charge in [-0.2, -0.15) is 0 Å². The number of carboxylic acid groups (broad SMARTS) is 1. The van der Waals surface area contributed by atoms with Crippen molar-refractivity contribution in [1.29, 1.82) is 0 Å². The molecule has 0 spiro atoms. The van der Waals surface area contributed by atoms with E-state index in [1.165, 1.54) is 11.3 Å². The lowest BCUT2D eigenvalue weighted by atomic mass is 9.96. The van der Waals surface area contributed by atoms with Crippen molar-refractivity contribution in [2.45, 2.75) is 34.6 Å². The molecule has 0 saturated carbocycles. The summed E-state index contributed by atoms with van der Waals surface area (Å²) in [6.07, 6.45) is 0. The molecule has 0 aliphatic heterocycles. The highest BCUT2D eigenvalue weighted by Gasteiger charge is 2.25. The maximum atomic E-state index is 11.8. The second kappa shape index (κ2) is 4.49. The summed E-state index contributed by atoms with van der Waals surface area (Å²) >= 11 is 1.30. The van der Waals surface area contributed by atoms with Gasteiger partial charge in [-0.15, -0.1) is 11.3 Å². The Labute approximate surface area is 105 Å². The summed E-state index contributed by atoms with van der Waals surface area (Å²) in [6.45, 7) is 8.96. The summed E-state index contributed by atoms with van der Waals surface area (Å²) in [4.78, 5) is 23.9. The Kier molecular flexibility index (Phi) is 3.62. The van der Waals surface area contributed by atoms with Gasteiger partial charge in [0.05, 0.1) is 5.56 Å². The Morgan fingerprint density at radius 1 is 1.24 bits per heavy atom. The predicted molar refractivity (Wildman–Crippen MR) is 68.8 cm³/mol. The minimum atomic E-state index is -1.00. The van der Waals surface area contributed by atoms with Gasteiger partial charge in [-0.05, 0) is 19.4 Å². The third kappa shape index (κ3) is 2.85. The summed E-state index contributed by atoms with van der Waals surface area (Å²) in [5.41, 5.74) is 0.374. The maximum absolute atomic E-state index is 11.8. The number of thiophene rings is 1. The van der Waals surface area contributed by atoms with E-state index in [1.807, 2.05) is 6.92 Å². The summed E-state index contributed by atoms with van der Waals surface area (Å²) in [6, 6.07) is 0. The van der Waals surface area contributed by atoms with Crippen LogP contribution in [0.25, 0.3) is 0 Å². The van der Waals surface area contributed by atoms with Crippen LogP contribution in [0.2, 0.25) is 0 Å². The fourth-order valence-corrected chi connectivity index (χ4v) is 2.31. The van der Waals surface area contributed by atoms with Crippen LogP contribution in [0.15, 0.2) is 0 Å². The summed E-state index contributed by atoms with van der Waals surface area (Å²) in [7, 11) is 0. The molecule has 4 nitrogen and oxygen atoms in total. The zero-order valence-corrected chi connectivity index (χ0v) is 11.5. The molecule has 1 heterocycles. The fourth-order valence-electron chi connectivity index (χ4n) is 1.26. The number of anilines is 1. The standard InChI is InChI=1S/C12H17NO3S/c1-6-7(2)17-9(8(6)10(14)15)13-11(16)12(3,4)5/h1-5H3,(H,13,16)(H,14,15). The van der Waals surface area contributed by atoms with Gasteiger partial charge in [-0.1, -0.05) is 20.8 Å². The second-order valence-electron chi connectivity index (χ2n) is 5.00. The zero-order valence-electron chi connectivity index (χ0n) is 10.7. The average molecular weight is 255 g/mol. The van der Waals surface area contributed by atoms with Crippen LogP contribution in [0.4, 0.5) is 5.00 Å². The first-order valence-electron chi connectivity index (χ1n) is 5.29. The van der Waals surface area contributed by atoms with E-state index in [4.69, 9.17) is 5.11 Å². The first-order chi connectivity index (χ1) is 7.64. The average Bonchev–Trinajstić information content (AvgIpc) is 2.40. The van der Waals surface area contributed by atoms with E-state index in [9.17, 15) is 9.59 Å². The third-order valence-corrected chi connectivity index (χ3v) is 3.63. The molecule has 0 saturated heterocycles. The highest BCUT2D eigenvalue weighted by atomic mass is 32.1.